The molecule has 6 fully saturated rings. The standard InChI is InChI=1S/C15H28N2O2.C15H27NO2.C10H20N2.I3.I2.HI/c1-14(2,3)19-13(18)17-11-7-15(8-12-17)5-9-16(4)10-6-15;1-14(2,3)18-13(17)16-11-9-15(10-12-16)7-5-4-6-8-15;1-12-8-4-10(5-9-12)2-6-11-7-3-10;1-3-2;1-2;/h5-12H2,1-4H3;4-12H2,1-3H3;11H,2-9H2,1H3;;;1H/q;;;-1;;. The van der Waals surface area contributed by atoms with Gasteiger partial charge in [-0.1, -0.05) is 19.3 Å². The molecule has 0 aromatic rings. The third-order valence-corrected chi connectivity index (χ3v) is 12.6. The molecule has 1 saturated carbocycles. The zero-order valence-electron chi connectivity index (χ0n) is 35.4. The number of piperidine rings is 5. The van der Waals surface area contributed by atoms with Crippen molar-refractivity contribution in [3.63, 3.8) is 0 Å². The predicted molar refractivity (Wildman–Crippen MR) is 272 cm³/mol. The maximum atomic E-state index is 12.0. The van der Waals surface area contributed by atoms with Crippen molar-refractivity contribution in [1.82, 2.24) is 24.9 Å². The molecule has 9 nitrogen and oxygen atoms in total. The number of nitrogens with one attached hydrogen (secondary N) is 1. The molecule has 0 unspecified atom stereocenters. The number of halogens is 6. The minimum atomic E-state index is -0.389. The van der Waals surface area contributed by atoms with Crippen molar-refractivity contribution in [2.45, 2.75) is 149 Å². The van der Waals surface area contributed by atoms with Crippen molar-refractivity contribution in [2.24, 2.45) is 16.2 Å². The van der Waals surface area contributed by atoms with Crippen LogP contribution in [0.5, 0.6) is 0 Å². The van der Waals surface area contributed by atoms with E-state index in [1.54, 1.807) is 0 Å². The summed E-state index contributed by atoms with van der Waals surface area (Å²) in [5, 5.41) is 3.45. The average Bonchev–Trinajstić information content (AvgIpc) is 3.13. The second-order valence-corrected chi connectivity index (χ2v) is 35.2. The average molecular weight is 1450 g/mol. The van der Waals surface area contributed by atoms with Gasteiger partial charge in [-0.05, 0) is 188 Å². The van der Waals surface area contributed by atoms with Gasteiger partial charge in [0.25, 0.3) is 0 Å². The minimum absolute atomic E-state index is 0. The Balaban J connectivity index is 0.000000393. The quantitative estimate of drug-likeness (QED) is 0.243. The molecule has 328 valence electrons. The van der Waals surface area contributed by atoms with Gasteiger partial charge in [0.15, 0.2) is 0 Å². The van der Waals surface area contributed by atoms with Gasteiger partial charge in [0, 0.05) is 63.4 Å². The number of nitrogens with zero attached hydrogens (tertiary/aromatic N) is 4. The first-order valence-electron chi connectivity index (χ1n) is 20.5. The van der Waals surface area contributed by atoms with Crippen LogP contribution in [-0.4, -0.2) is 123 Å². The molecular weight excluding hydrogens is 1380 g/mol. The molecule has 55 heavy (non-hydrogen) atoms. The number of rotatable bonds is 0. The second kappa shape index (κ2) is 27.8. The van der Waals surface area contributed by atoms with Gasteiger partial charge in [0.1, 0.15) is 11.2 Å². The van der Waals surface area contributed by atoms with Crippen molar-refractivity contribution >= 4 is 111 Å². The molecule has 0 bridgehead atoms. The molecule has 2 amide bonds. The number of hydrogen-bond acceptors (Lipinski definition) is 7. The molecule has 15 heteroatoms. The van der Waals surface area contributed by atoms with Crippen LogP contribution in [0.25, 0.3) is 0 Å². The second-order valence-electron chi connectivity index (χ2n) is 18.9. The summed E-state index contributed by atoms with van der Waals surface area (Å²) in [5.74, 6) is 0. The van der Waals surface area contributed by atoms with Crippen LogP contribution in [0.2, 0.25) is 0 Å². The van der Waals surface area contributed by atoms with Crippen LogP contribution in [0.1, 0.15) is 138 Å². The van der Waals surface area contributed by atoms with E-state index in [2.05, 4.69) is 104 Å². The van der Waals surface area contributed by atoms with Gasteiger partial charge in [-0.2, -0.15) is 0 Å². The summed E-state index contributed by atoms with van der Waals surface area (Å²) in [6, 6.07) is 0. The van der Waals surface area contributed by atoms with E-state index in [-0.39, 0.29) is 47.4 Å². The van der Waals surface area contributed by atoms with Crippen molar-refractivity contribution in [2.75, 3.05) is 79.5 Å². The molecule has 5 heterocycles. The van der Waals surface area contributed by atoms with E-state index < -0.39 is 0 Å². The van der Waals surface area contributed by atoms with E-state index in [1.807, 2.05) is 51.3 Å². The predicted octanol–water partition coefficient (Wildman–Crippen LogP) is 8.94. The van der Waals surface area contributed by atoms with Crippen LogP contribution in [-0.2, 0) is 9.47 Å². The van der Waals surface area contributed by atoms with Gasteiger partial charge < -0.3 is 34.4 Å². The zero-order valence-corrected chi connectivity index (χ0v) is 48.5. The van der Waals surface area contributed by atoms with E-state index in [4.69, 9.17) is 9.47 Å². The Morgan fingerprint density at radius 2 is 0.800 bits per heavy atom. The van der Waals surface area contributed by atoms with Crippen molar-refractivity contribution in [1.29, 1.82) is 0 Å². The van der Waals surface area contributed by atoms with E-state index in [9.17, 15) is 9.59 Å². The van der Waals surface area contributed by atoms with Crippen molar-refractivity contribution in [3.05, 3.63) is 0 Å². The molecule has 1 aliphatic carbocycles. The van der Waals surface area contributed by atoms with Crippen LogP contribution in [0.4, 0.5) is 9.59 Å². The van der Waals surface area contributed by atoms with Gasteiger partial charge in [-0.15, -0.1) is 24.0 Å². The molecule has 0 atom stereocenters. The van der Waals surface area contributed by atoms with Crippen LogP contribution < -0.4 is 18.6 Å². The SMILES string of the molecule is CC(C)(C)OC(=O)N1CCC2(CCCCC2)CC1.CN1CCC2(CC1)CCN(C(=O)OC(C)(C)C)CC2.CN1CCC2(CCNCC2)CC1.I.II.I[I-]I. The van der Waals surface area contributed by atoms with Crippen LogP contribution in [0.15, 0.2) is 0 Å². The summed E-state index contributed by atoms with van der Waals surface area (Å²) in [6.07, 6.45) is 19.5. The molecule has 6 rings (SSSR count). The van der Waals surface area contributed by atoms with Crippen LogP contribution in [0.3, 0.4) is 0 Å². The Bertz CT molecular complexity index is 1050. The molecule has 0 aromatic heterocycles. The number of carbonyl (C=O) groups is 2. The Labute approximate surface area is 407 Å². The zero-order chi connectivity index (χ0) is 40.5. The molecule has 0 aromatic carbocycles. The fourth-order valence-corrected chi connectivity index (χ4v) is 8.92. The molecule has 1 N–H and O–H groups in total. The first-order valence-corrected chi connectivity index (χ1v) is 39.3. The maximum absolute atomic E-state index is 12.0. The Kier molecular flexibility index (Phi) is 28.2. The van der Waals surface area contributed by atoms with E-state index >= 15 is 0 Å². The normalized spacial score (nSPS) is 23.6. The Morgan fingerprint density at radius 1 is 0.527 bits per heavy atom. The topological polar surface area (TPSA) is 77.6 Å². The summed E-state index contributed by atoms with van der Waals surface area (Å²) < 4.78 is 10.9. The monoisotopic (exact) mass is 1450 g/mol. The molecule has 0 radical (unpaired) electrons. The van der Waals surface area contributed by atoms with Gasteiger partial charge in [0.05, 0.1) is 0 Å². The first kappa shape index (κ1) is 55.8. The van der Waals surface area contributed by atoms with Crippen LogP contribution in [0, 0.1) is 16.2 Å². The summed E-state index contributed by atoms with van der Waals surface area (Å²) in [7, 11) is 4.44. The van der Waals surface area contributed by atoms with Crippen molar-refractivity contribution < 1.29 is 32.3 Å². The summed E-state index contributed by atoms with van der Waals surface area (Å²) in [6.45, 7) is 22.6. The van der Waals surface area contributed by atoms with Crippen molar-refractivity contribution in [3.8, 4) is 0 Å². The first-order chi connectivity index (χ1) is 25.4. The molecule has 5 aliphatic heterocycles. The molecule has 5 saturated heterocycles. The third kappa shape index (κ3) is 21.6. The van der Waals surface area contributed by atoms with Gasteiger partial charge in [-0.25, -0.2) is 9.59 Å². The number of carbonyl (C=O) groups excluding carboxylic acids is 2. The van der Waals surface area contributed by atoms with Gasteiger partial charge in [-0.3, -0.25) is 0 Å². The fraction of sp³-hybridized carbons (Fsp3) is 0.950. The Hall–Kier alpha value is 2.80. The summed E-state index contributed by atoms with van der Waals surface area (Å²) in [5.41, 5.74) is 1.01. The number of likely N-dealkylation sites (tertiary alicyclic amines) is 4. The van der Waals surface area contributed by atoms with E-state index in [0.717, 1.165) is 44.4 Å². The fourth-order valence-electron chi connectivity index (χ4n) is 8.92. The van der Waals surface area contributed by atoms with E-state index in [1.165, 1.54) is 123 Å². The molecule has 6 aliphatic rings. The number of amides is 2. The van der Waals surface area contributed by atoms with Gasteiger partial charge >= 0.3 is 62.7 Å². The number of hydrogen-bond donors (Lipinski definition) is 1. The molecule has 3 spiro atoms. The molecular formula is C40H76I6N5O4-. The summed E-state index contributed by atoms with van der Waals surface area (Å²) in [4.78, 5) is 32.7. The number of ether oxygens (including phenoxy) is 2. The van der Waals surface area contributed by atoms with Gasteiger partial charge in [0.2, 0.25) is 0 Å². The summed E-state index contributed by atoms with van der Waals surface area (Å²) >= 11 is 9.54. The van der Waals surface area contributed by atoms with Crippen LogP contribution >= 0.6 is 98.4 Å². The third-order valence-electron chi connectivity index (χ3n) is 12.6. The van der Waals surface area contributed by atoms with E-state index in [0.29, 0.717) is 24.1 Å². The Morgan fingerprint density at radius 3 is 1.11 bits per heavy atom.